The van der Waals surface area contributed by atoms with Crippen LogP contribution in [0.3, 0.4) is 0 Å². The fraction of sp³-hybridized carbons (Fsp3) is 1.00. The highest BCUT2D eigenvalue weighted by atomic mass is 32.2. The van der Waals surface area contributed by atoms with Crippen LogP contribution in [-0.2, 0) is 9.84 Å². The molecule has 1 fully saturated rings. The van der Waals surface area contributed by atoms with Crippen LogP contribution in [0.2, 0.25) is 0 Å². The molecule has 0 spiro atoms. The summed E-state index contributed by atoms with van der Waals surface area (Å²) < 4.78 is 21.5. The number of hydrogen-bond donors (Lipinski definition) is 1. The standard InChI is InChI=1S/C6H13NO2S/c1-5-6(3-7-5)4-10(2,8)9/h5-7H,3-4H2,1-2H3/t5?,6-/m1/s1. The minimum absolute atomic E-state index is 0.334. The second-order valence-corrected chi connectivity index (χ2v) is 5.23. The van der Waals surface area contributed by atoms with E-state index in [4.69, 9.17) is 0 Å². The van der Waals surface area contributed by atoms with Gasteiger partial charge in [0.2, 0.25) is 0 Å². The van der Waals surface area contributed by atoms with Crippen LogP contribution in [0.4, 0.5) is 0 Å². The van der Waals surface area contributed by atoms with Gasteiger partial charge in [-0.05, 0) is 6.92 Å². The Balaban J connectivity index is 2.40. The van der Waals surface area contributed by atoms with Crippen molar-refractivity contribution >= 4 is 9.84 Å². The molecule has 1 N–H and O–H groups in total. The molecule has 1 rings (SSSR count). The predicted molar refractivity (Wildman–Crippen MR) is 40.7 cm³/mol. The minimum atomic E-state index is -2.76. The maximum atomic E-state index is 10.8. The highest BCUT2D eigenvalue weighted by molar-refractivity contribution is 7.90. The molecule has 0 aromatic carbocycles. The quantitative estimate of drug-likeness (QED) is 0.604. The maximum absolute atomic E-state index is 10.8. The third kappa shape index (κ3) is 1.95. The summed E-state index contributed by atoms with van der Waals surface area (Å²) in [4.78, 5) is 0. The zero-order chi connectivity index (χ0) is 7.78. The summed E-state index contributed by atoms with van der Waals surface area (Å²) in [6, 6.07) is 0.384. The van der Waals surface area contributed by atoms with Crippen LogP contribution >= 0.6 is 0 Å². The monoisotopic (exact) mass is 163 g/mol. The Morgan fingerprint density at radius 2 is 2.20 bits per heavy atom. The largest absolute Gasteiger partial charge is 0.314 e. The van der Waals surface area contributed by atoms with Crippen molar-refractivity contribution in [2.75, 3.05) is 18.6 Å². The van der Waals surface area contributed by atoms with Gasteiger partial charge in [-0.2, -0.15) is 0 Å². The van der Waals surface area contributed by atoms with Crippen LogP contribution in [0.1, 0.15) is 6.92 Å². The van der Waals surface area contributed by atoms with Gasteiger partial charge in [0.15, 0.2) is 0 Å². The Kier molecular flexibility index (Phi) is 2.01. The van der Waals surface area contributed by atoms with Gasteiger partial charge in [0.25, 0.3) is 0 Å². The molecule has 1 saturated heterocycles. The normalized spacial score (nSPS) is 33.4. The van der Waals surface area contributed by atoms with E-state index in [0.717, 1.165) is 6.54 Å². The fourth-order valence-corrected chi connectivity index (χ4v) is 2.30. The highest BCUT2D eigenvalue weighted by Gasteiger charge is 2.28. The molecule has 0 bridgehead atoms. The average molecular weight is 163 g/mol. The second-order valence-electron chi connectivity index (χ2n) is 3.05. The van der Waals surface area contributed by atoms with E-state index in [9.17, 15) is 8.42 Å². The predicted octanol–water partition coefficient (Wildman–Crippen LogP) is -0.361. The van der Waals surface area contributed by atoms with E-state index in [1.807, 2.05) is 6.92 Å². The molecule has 60 valence electrons. The second kappa shape index (κ2) is 2.51. The van der Waals surface area contributed by atoms with Gasteiger partial charge in [0.1, 0.15) is 9.84 Å². The first kappa shape index (κ1) is 8.01. The molecule has 0 aliphatic carbocycles. The van der Waals surface area contributed by atoms with E-state index < -0.39 is 9.84 Å². The first-order chi connectivity index (χ1) is 4.49. The van der Waals surface area contributed by atoms with E-state index in [1.165, 1.54) is 6.26 Å². The Hall–Kier alpha value is -0.0900. The molecule has 3 nitrogen and oxygen atoms in total. The summed E-state index contributed by atoms with van der Waals surface area (Å²) in [5, 5.41) is 3.12. The van der Waals surface area contributed by atoms with E-state index in [2.05, 4.69) is 5.32 Å². The van der Waals surface area contributed by atoms with Crippen molar-refractivity contribution in [3.05, 3.63) is 0 Å². The third-order valence-corrected chi connectivity index (χ3v) is 2.96. The summed E-state index contributed by atoms with van der Waals surface area (Å²) in [5.74, 6) is 0.677. The van der Waals surface area contributed by atoms with Gasteiger partial charge in [-0.15, -0.1) is 0 Å². The van der Waals surface area contributed by atoms with Crippen LogP contribution < -0.4 is 5.32 Å². The van der Waals surface area contributed by atoms with Gasteiger partial charge in [0, 0.05) is 24.8 Å². The Morgan fingerprint density at radius 1 is 1.60 bits per heavy atom. The molecule has 0 aromatic heterocycles. The summed E-state index contributed by atoms with van der Waals surface area (Å²) in [6.07, 6.45) is 1.29. The zero-order valence-electron chi connectivity index (χ0n) is 6.29. The first-order valence-electron chi connectivity index (χ1n) is 3.40. The molecule has 1 aliphatic rings. The van der Waals surface area contributed by atoms with Crippen molar-refractivity contribution in [3.8, 4) is 0 Å². The molecule has 0 radical (unpaired) electrons. The fourth-order valence-electron chi connectivity index (χ4n) is 1.11. The van der Waals surface area contributed by atoms with Crippen LogP contribution in [-0.4, -0.2) is 33.0 Å². The van der Waals surface area contributed by atoms with E-state index in [-0.39, 0.29) is 0 Å². The molecule has 0 aromatic rings. The molecule has 1 aliphatic heterocycles. The molecule has 10 heavy (non-hydrogen) atoms. The number of sulfone groups is 1. The van der Waals surface area contributed by atoms with Gasteiger partial charge < -0.3 is 5.32 Å². The topological polar surface area (TPSA) is 46.2 Å². The van der Waals surface area contributed by atoms with Gasteiger partial charge >= 0.3 is 0 Å². The van der Waals surface area contributed by atoms with Crippen molar-refractivity contribution in [2.45, 2.75) is 13.0 Å². The van der Waals surface area contributed by atoms with Crippen LogP contribution in [0, 0.1) is 5.92 Å². The molecule has 0 amide bonds. The van der Waals surface area contributed by atoms with E-state index >= 15 is 0 Å². The Morgan fingerprint density at radius 3 is 2.30 bits per heavy atom. The minimum Gasteiger partial charge on any atom is -0.314 e. The summed E-state index contributed by atoms with van der Waals surface area (Å²) in [6.45, 7) is 2.87. The Bertz CT molecular complexity index is 210. The number of nitrogens with one attached hydrogen (secondary N) is 1. The number of hydrogen-bond acceptors (Lipinski definition) is 3. The van der Waals surface area contributed by atoms with Gasteiger partial charge in [-0.25, -0.2) is 8.42 Å². The van der Waals surface area contributed by atoms with Crippen molar-refractivity contribution < 1.29 is 8.42 Å². The van der Waals surface area contributed by atoms with Gasteiger partial charge in [0.05, 0.1) is 5.75 Å². The van der Waals surface area contributed by atoms with Crippen LogP contribution in [0.5, 0.6) is 0 Å². The molecule has 0 saturated carbocycles. The molecule has 1 heterocycles. The van der Waals surface area contributed by atoms with Crippen LogP contribution in [0.15, 0.2) is 0 Å². The highest BCUT2D eigenvalue weighted by Crippen LogP contribution is 2.13. The zero-order valence-corrected chi connectivity index (χ0v) is 7.11. The molecular formula is C6H13NO2S. The summed E-state index contributed by atoms with van der Waals surface area (Å²) >= 11 is 0. The number of rotatable bonds is 2. The van der Waals surface area contributed by atoms with Crippen molar-refractivity contribution in [1.29, 1.82) is 0 Å². The summed E-state index contributed by atoms with van der Waals surface area (Å²) in [5.41, 5.74) is 0. The molecule has 4 heteroatoms. The van der Waals surface area contributed by atoms with E-state index in [0.29, 0.717) is 17.7 Å². The first-order valence-corrected chi connectivity index (χ1v) is 5.46. The SMILES string of the molecule is CC1NC[C@@H]1CS(C)(=O)=O. The molecular weight excluding hydrogens is 150 g/mol. The van der Waals surface area contributed by atoms with Gasteiger partial charge in [-0.1, -0.05) is 0 Å². The molecule has 2 atom stereocenters. The van der Waals surface area contributed by atoms with Crippen molar-refractivity contribution in [2.24, 2.45) is 5.92 Å². The average Bonchev–Trinajstić information content (AvgIpc) is 1.78. The lowest BCUT2D eigenvalue weighted by atomic mass is 9.96. The third-order valence-electron chi connectivity index (χ3n) is 1.93. The van der Waals surface area contributed by atoms with Crippen LogP contribution in [0.25, 0.3) is 0 Å². The maximum Gasteiger partial charge on any atom is 0.147 e. The Labute approximate surface area is 61.7 Å². The van der Waals surface area contributed by atoms with Gasteiger partial charge in [-0.3, -0.25) is 0 Å². The lowest BCUT2D eigenvalue weighted by Crippen LogP contribution is -2.53. The molecule has 1 unspecified atom stereocenters. The van der Waals surface area contributed by atoms with Crippen molar-refractivity contribution in [1.82, 2.24) is 5.32 Å². The van der Waals surface area contributed by atoms with E-state index in [1.54, 1.807) is 0 Å². The van der Waals surface area contributed by atoms with Crippen molar-refractivity contribution in [3.63, 3.8) is 0 Å². The lowest BCUT2D eigenvalue weighted by Gasteiger charge is -2.34. The smallest absolute Gasteiger partial charge is 0.147 e. The lowest BCUT2D eigenvalue weighted by molar-refractivity contribution is 0.276. The summed E-state index contributed by atoms with van der Waals surface area (Å²) in [7, 11) is -2.76.